The highest BCUT2D eigenvalue weighted by molar-refractivity contribution is 7.99. The summed E-state index contributed by atoms with van der Waals surface area (Å²) in [5.74, 6) is 0. The monoisotopic (exact) mass is 357 g/mol. The molecule has 24 heavy (non-hydrogen) atoms. The Kier molecular flexibility index (Phi) is 4.39. The molecular formula is C16H15N5OS2. The molecule has 0 amide bonds. The van der Waals surface area contributed by atoms with E-state index in [9.17, 15) is 4.79 Å². The van der Waals surface area contributed by atoms with Crippen LogP contribution in [0.1, 0.15) is 36.0 Å². The predicted molar refractivity (Wildman–Crippen MR) is 94.6 cm³/mol. The molecule has 0 bridgehead atoms. The van der Waals surface area contributed by atoms with Gasteiger partial charge in [0.1, 0.15) is 15.9 Å². The minimum atomic E-state index is -0.0269. The fourth-order valence-electron chi connectivity index (χ4n) is 2.34. The van der Waals surface area contributed by atoms with E-state index in [0.717, 1.165) is 15.3 Å². The highest BCUT2D eigenvalue weighted by Crippen LogP contribution is 2.31. The van der Waals surface area contributed by atoms with Gasteiger partial charge in [0, 0.05) is 10.9 Å². The summed E-state index contributed by atoms with van der Waals surface area (Å²) in [6, 6.07) is 5.23. The lowest BCUT2D eigenvalue weighted by molar-refractivity contribution is 0.519. The second-order valence-corrected chi connectivity index (χ2v) is 7.79. The summed E-state index contributed by atoms with van der Waals surface area (Å²) >= 11 is 2.81. The molecule has 0 saturated carbocycles. The van der Waals surface area contributed by atoms with Crippen LogP contribution in [-0.4, -0.2) is 19.7 Å². The minimum Gasteiger partial charge on any atom is -0.284 e. The Morgan fingerprint density at radius 3 is 2.62 bits per heavy atom. The number of thiophene rings is 1. The van der Waals surface area contributed by atoms with Crippen molar-refractivity contribution in [3.05, 3.63) is 38.6 Å². The molecule has 0 N–H and O–H groups in total. The normalized spacial score (nSPS) is 11.2. The molecule has 0 fully saturated rings. The van der Waals surface area contributed by atoms with Crippen LogP contribution in [0.25, 0.3) is 10.2 Å². The maximum atomic E-state index is 13.0. The van der Waals surface area contributed by atoms with Crippen LogP contribution in [0, 0.1) is 25.2 Å². The zero-order valence-corrected chi connectivity index (χ0v) is 15.3. The highest BCUT2D eigenvalue weighted by atomic mass is 32.2. The van der Waals surface area contributed by atoms with Crippen molar-refractivity contribution in [2.24, 2.45) is 0 Å². The average Bonchev–Trinajstić information content (AvgIpc) is 2.82. The van der Waals surface area contributed by atoms with Gasteiger partial charge < -0.3 is 0 Å². The van der Waals surface area contributed by atoms with Crippen LogP contribution in [0.4, 0.5) is 0 Å². The first-order valence-corrected chi connectivity index (χ1v) is 8.99. The molecule has 0 aliphatic heterocycles. The number of hydrogen-bond donors (Lipinski definition) is 0. The zero-order chi connectivity index (χ0) is 17.4. The third kappa shape index (κ3) is 2.81. The smallest absolute Gasteiger partial charge is 0.263 e. The Labute approximate surface area is 147 Å². The van der Waals surface area contributed by atoms with Crippen LogP contribution < -0.4 is 5.56 Å². The first-order valence-electron chi connectivity index (χ1n) is 7.36. The van der Waals surface area contributed by atoms with Crippen molar-refractivity contribution in [3.8, 4) is 6.07 Å². The molecule has 6 nitrogen and oxygen atoms in total. The third-order valence-electron chi connectivity index (χ3n) is 3.67. The molecule has 0 atom stereocenters. The summed E-state index contributed by atoms with van der Waals surface area (Å²) in [5, 5.41) is 18.5. The summed E-state index contributed by atoms with van der Waals surface area (Å²) in [6.45, 7) is 7.87. The van der Waals surface area contributed by atoms with E-state index in [2.05, 4.69) is 15.2 Å². The SMILES string of the molecule is Cc1sc2nc(Sc3ccc(C#N)nn3)n(C(C)C)c(=O)c2c1C. The van der Waals surface area contributed by atoms with E-state index >= 15 is 0 Å². The summed E-state index contributed by atoms with van der Waals surface area (Å²) in [6.07, 6.45) is 0. The number of fused-ring (bicyclic) bond motifs is 1. The van der Waals surface area contributed by atoms with Crippen molar-refractivity contribution in [2.75, 3.05) is 0 Å². The summed E-state index contributed by atoms with van der Waals surface area (Å²) in [7, 11) is 0. The number of aromatic nitrogens is 4. The largest absolute Gasteiger partial charge is 0.284 e. The van der Waals surface area contributed by atoms with E-state index in [-0.39, 0.29) is 17.3 Å². The van der Waals surface area contributed by atoms with Gasteiger partial charge in [0.25, 0.3) is 5.56 Å². The van der Waals surface area contributed by atoms with Crippen molar-refractivity contribution in [3.63, 3.8) is 0 Å². The van der Waals surface area contributed by atoms with Gasteiger partial charge in [-0.3, -0.25) is 9.36 Å². The molecule has 0 aliphatic carbocycles. The topological polar surface area (TPSA) is 84.5 Å². The molecule has 3 rings (SSSR count). The second-order valence-electron chi connectivity index (χ2n) is 5.60. The molecule has 122 valence electrons. The molecule has 0 radical (unpaired) electrons. The molecular weight excluding hydrogens is 342 g/mol. The zero-order valence-electron chi connectivity index (χ0n) is 13.7. The quantitative estimate of drug-likeness (QED) is 0.667. The lowest BCUT2D eigenvalue weighted by Crippen LogP contribution is -2.24. The molecule has 0 unspecified atom stereocenters. The highest BCUT2D eigenvalue weighted by Gasteiger charge is 2.19. The number of nitrogens with zero attached hydrogens (tertiary/aromatic N) is 5. The molecule has 0 aliphatic rings. The van der Waals surface area contributed by atoms with Gasteiger partial charge in [-0.05, 0) is 57.2 Å². The molecule has 3 aromatic heterocycles. The maximum Gasteiger partial charge on any atom is 0.263 e. The number of aryl methyl sites for hydroxylation is 2. The first kappa shape index (κ1) is 16.6. The molecule has 3 heterocycles. The van der Waals surface area contributed by atoms with Crippen LogP contribution in [0.3, 0.4) is 0 Å². The number of rotatable bonds is 3. The van der Waals surface area contributed by atoms with Crippen LogP contribution in [0.2, 0.25) is 0 Å². The fourth-order valence-corrected chi connectivity index (χ4v) is 4.35. The predicted octanol–water partition coefficient (Wildman–Crippen LogP) is 3.47. The van der Waals surface area contributed by atoms with E-state index < -0.39 is 0 Å². The van der Waals surface area contributed by atoms with Crippen molar-refractivity contribution in [1.29, 1.82) is 5.26 Å². The van der Waals surface area contributed by atoms with Crippen LogP contribution in [0.15, 0.2) is 27.1 Å². The van der Waals surface area contributed by atoms with Gasteiger partial charge in [0.15, 0.2) is 10.9 Å². The van der Waals surface area contributed by atoms with Gasteiger partial charge in [-0.2, -0.15) is 5.26 Å². The van der Waals surface area contributed by atoms with Gasteiger partial charge >= 0.3 is 0 Å². The van der Waals surface area contributed by atoms with E-state index in [1.54, 1.807) is 16.7 Å². The Bertz CT molecular complexity index is 1010. The second kappa shape index (κ2) is 6.34. The first-order chi connectivity index (χ1) is 11.4. The van der Waals surface area contributed by atoms with Gasteiger partial charge in [-0.1, -0.05) is 0 Å². The summed E-state index contributed by atoms with van der Waals surface area (Å²) in [4.78, 5) is 19.5. The maximum absolute atomic E-state index is 13.0. The minimum absolute atomic E-state index is 0.0251. The summed E-state index contributed by atoms with van der Waals surface area (Å²) in [5.41, 5.74) is 1.23. The average molecular weight is 357 g/mol. The molecule has 8 heteroatoms. The van der Waals surface area contributed by atoms with Gasteiger partial charge in [0.05, 0.1) is 5.39 Å². The van der Waals surface area contributed by atoms with Crippen molar-refractivity contribution in [1.82, 2.24) is 19.7 Å². The van der Waals surface area contributed by atoms with Crippen molar-refractivity contribution in [2.45, 2.75) is 43.9 Å². The lowest BCUT2D eigenvalue weighted by Gasteiger charge is -2.14. The van der Waals surface area contributed by atoms with Gasteiger partial charge in [-0.25, -0.2) is 4.98 Å². The van der Waals surface area contributed by atoms with Crippen molar-refractivity contribution >= 4 is 33.3 Å². The van der Waals surface area contributed by atoms with E-state index in [0.29, 0.717) is 15.6 Å². The van der Waals surface area contributed by atoms with Gasteiger partial charge in [-0.15, -0.1) is 21.5 Å². The van der Waals surface area contributed by atoms with Crippen LogP contribution in [0.5, 0.6) is 0 Å². The molecule has 0 saturated heterocycles. The van der Waals surface area contributed by atoms with E-state index in [1.807, 2.05) is 33.8 Å². The van der Waals surface area contributed by atoms with Crippen molar-refractivity contribution < 1.29 is 0 Å². The van der Waals surface area contributed by atoms with E-state index in [1.165, 1.54) is 23.1 Å². The number of hydrogen-bond acceptors (Lipinski definition) is 7. The van der Waals surface area contributed by atoms with Gasteiger partial charge in [0.2, 0.25) is 0 Å². The standard InChI is InChI=1S/C16H15N5OS2/c1-8(2)21-15(22)13-9(3)10(4)23-14(13)18-16(21)24-12-6-5-11(7-17)19-20-12/h5-6,8H,1-4H3. The summed E-state index contributed by atoms with van der Waals surface area (Å²) < 4.78 is 1.69. The molecule has 0 spiro atoms. The van der Waals surface area contributed by atoms with E-state index in [4.69, 9.17) is 5.26 Å². The van der Waals surface area contributed by atoms with Crippen LogP contribution >= 0.6 is 23.1 Å². The Balaban J connectivity index is 2.17. The lowest BCUT2D eigenvalue weighted by atomic mass is 10.2. The molecule has 0 aromatic carbocycles. The number of nitriles is 1. The van der Waals surface area contributed by atoms with Crippen LogP contribution in [-0.2, 0) is 0 Å². The fraction of sp³-hybridized carbons (Fsp3) is 0.312. The molecule has 3 aromatic rings. The Hall–Kier alpha value is -2.24. The Morgan fingerprint density at radius 1 is 1.29 bits per heavy atom. The Morgan fingerprint density at radius 2 is 2.04 bits per heavy atom. The third-order valence-corrected chi connectivity index (χ3v) is 5.67.